The molecule has 3 nitrogen and oxygen atoms in total. The van der Waals surface area contributed by atoms with Gasteiger partial charge in [0.2, 0.25) is 0 Å². The first-order chi connectivity index (χ1) is 6.67. The van der Waals surface area contributed by atoms with E-state index in [2.05, 4.69) is 36.3 Å². The Hall–Kier alpha value is -0.480. The van der Waals surface area contributed by atoms with Crippen molar-refractivity contribution in [3.63, 3.8) is 0 Å². The molecule has 0 aliphatic rings. The van der Waals surface area contributed by atoms with Crippen molar-refractivity contribution in [1.82, 2.24) is 15.5 Å². The van der Waals surface area contributed by atoms with E-state index in [1.54, 1.807) is 11.3 Å². The van der Waals surface area contributed by atoms with Gasteiger partial charge in [0.05, 0.1) is 6.04 Å². The Bertz CT molecular complexity index is 266. The summed E-state index contributed by atoms with van der Waals surface area (Å²) in [5, 5.41) is 13.9. The third-order valence-electron chi connectivity index (χ3n) is 2.12. The van der Waals surface area contributed by atoms with E-state index in [1.807, 2.05) is 7.05 Å². The maximum Gasteiger partial charge on any atom is 0.134 e. The average molecular weight is 213 g/mol. The number of rotatable bonds is 5. The van der Waals surface area contributed by atoms with Gasteiger partial charge in [0, 0.05) is 6.42 Å². The van der Waals surface area contributed by atoms with Crippen LogP contribution >= 0.6 is 11.3 Å². The van der Waals surface area contributed by atoms with Crippen LogP contribution in [0.25, 0.3) is 0 Å². The first-order valence-electron chi connectivity index (χ1n) is 5.16. The number of hydrogen-bond donors (Lipinski definition) is 1. The molecule has 0 saturated heterocycles. The Balaban J connectivity index is 2.66. The highest BCUT2D eigenvalue weighted by Gasteiger charge is 2.13. The Morgan fingerprint density at radius 3 is 2.57 bits per heavy atom. The van der Waals surface area contributed by atoms with Crippen LogP contribution in [0.3, 0.4) is 0 Å². The summed E-state index contributed by atoms with van der Waals surface area (Å²) in [6.45, 7) is 6.57. The van der Waals surface area contributed by atoms with E-state index in [1.165, 1.54) is 0 Å². The highest BCUT2D eigenvalue weighted by molar-refractivity contribution is 7.11. The summed E-state index contributed by atoms with van der Waals surface area (Å²) in [7, 11) is 1.97. The second kappa shape index (κ2) is 5.41. The van der Waals surface area contributed by atoms with Crippen LogP contribution in [0, 0.1) is 5.92 Å². The molecule has 4 heteroatoms. The van der Waals surface area contributed by atoms with Crippen molar-refractivity contribution in [2.24, 2.45) is 5.92 Å². The van der Waals surface area contributed by atoms with Crippen molar-refractivity contribution < 1.29 is 0 Å². The molecule has 0 spiro atoms. The Morgan fingerprint density at radius 2 is 2.07 bits per heavy atom. The van der Waals surface area contributed by atoms with Crippen LogP contribution in [0.4, 0.5) is 0 Å². The molecule has 1 aromatic heterocycles. The molecule has 80 valence electrons. The van der Waals surface area contributed by atoms with E-state index in [0.717, 1.165) is 22.9 Å². The highest BCUT2D eigenvalue weighted by Crippen LogP contribution is 2.21. The number of hydrogen-bond acceptors (Lipinski definition) is 4. The van der Waals surface area contributed by atoms with Gasteiger partial charge in [-0.15, -0.1) is 10.2 Å². The summed E-state index contributed by atoms with van der Waals surface area (Å²) in [5.74, 6) is 0.658. The fourth-order valence-corrected chi connectivity index (χ4v) is 2.59. The van der Waals surface area contributed by atoms with Crippen LogP contribution in [0.2, 0.25) is 0 Å². The molecule has 1 atom stereocenters. The molecule has 1 heterocycles. The number of nitrogens with one attached hydrogen (secondary N) is 1. The molecule has 0 fully saturated rings. The predicted molar refractivity (Wildman–Crippen MR) is 60.5 cm³/mol. The van der Waals surface area contributed by atoms with Gasteiger partial charge in [0.15, 0.2) is 0 Å². The van der Waals surface area contributed by atoms with Gasteiger partial charge in [-0.25, -0.2) is 0 Å². The van der Waals surface area contributed by atoms with Gasteiger partial charge in [0.25, 0.3) is 0 Å². The van der Waals surface area contributed by atoms with Crippen LogP contribution in [-0.2, 0) is 6.42 Å². The first-order valence-corrected chi connectivity index (χ1v) is 5.98. The fraction of sp³-hybridized carbons (Fsp3) is 0.800. The lowest BCUT2D eigenvalue weighted by molar-refractivity contribution is 0.567. The van der Waals surface area contributed by atoms with E-state index in [-0.39, 0.29) is 0 Å². The molecule has 0 aliphatic heterocycles. The molecule has 1 aromatic rings. The zero-order chi connectivity index (χ0) is 10.6. The van der Waals surface area contributed by atoms with Crippen molar-refractivity contribution in [3.8, 4) is 0 Å². The first kappa shape index (κ1) is 11.6. The van der Waals surface area contributed by atoms with E-state index in [0.29, 0.717) is 12.0 Å². The van der Waals surface area contributed by atoms with E-state index < -0.39 is 0 Å². The smallest absolute Gasteiger partial charge is 0.134 e. The van der Waals surface area contributed by atoms with Gasteiger partial charge in [0.1, 0.15) is 10.0 Å². The molecule has 0 radical (unpaired) electrons. The zero-order valence-electron chi connectivity index (χ0n) is 9.37. The van der Waals surface area contributed by atoms with Crippen LogP contribution in [0.5, 0.6) is 0 Å². The lowest BCUT2D eigenvalue weighted by Crippen LogP contribution is -2.14. The lowest BCUT2D eigenvalue weighted by Gasteiger charge is -2.08. The minimum Gasteiger partial charge on any atom is -0.311 e. The van der Waals surface area contributed by atoms with E-state index >= 15 is 0 Å². The summed E-state index contributed by atoms with van der Waals surface area (Å²) >= 11 is 1.73. The molecule has 14 heavy (non-hydrogen) atoms. The van der Waals surface area contributed by atoms with Crippen LogP contribution < -0.4 is 5.32 Å². The third kappa shape index (κ3) is 3.03. The van der Waals surface area contributed by atoms with Crippen LogP contribution in [-0.4, -0.2) is 17.2 Å². The molecule has 1 rings (SSSR count). The van der Waals surface area contributed by atoms with Gasteiger partial charge in [-0.05, 0) is 19.4 Å². The highest BCUT2D eigenvalue weighted by atomic mass is 32.1. The van der Waals surface area contributed by atoms with Gasteiger partial charge in [-0.1, -0.05) is 32.1 Å². The van der Waals surface area contributed by atoms with Gasteiger partial charge < -0.3 is 5.32 Å². The zero-order valence-corrected chi connectivity index (χ0v) is 10.2. The summed E-state index contributed by atoms with van der Waals surface area (Å²) in [5.41, 5.74) is 0. The molecular formula is C10H19N3S. The van der Waals surface area contributed by atoms with Crippen LogP contribution in [0.15, 0.2) is 0 Å². The number of nitrogens with zero attached hydrogens (tertiary/aromatic N) is 2. The number of aromatic nitrogens is 2. The summed E-state index contributed by atoms with van der Waals surface area (Å²) in [4.78, 5) is 0. The minimum atomic E-state index is 0.369. The lowest BCUT2D eigenvalue weighted by atomic mass is 10.1. The SMILES string of the molecule is CCC(NC)c1nnc(CC(C)C)s1. The quantitative estimate of drug-likeness (QED) is 0.816. The Kier molecular flexibility index (Phi) is 4.48. The van der Waals surface area contributed by atoms with Crippen molar-refractivity contribution >= 4 is 11.3 Å². The predicted octanol–water partition coefficient (Wildman–Crippen LogP) is 2.41. The normalized spacial score (nSPS) is 13.5. The standard InChI is InChI=1S/C10H19N3S/c1-5-8(11-4)10-13-12-9(14-10)6-7(2)3/h7-8,11H,5-6H2,1-4H3. The molecule has 0 amide bonds. The van der Waals surface area contributed by atoms with Crippen molar-refractivity contribution in [3.05, 3.63) is 10.0 Å². The molecule has 1 N–H and O–H groups in total. The molecular weight excluding hydrogens is 194 g/mol. The van der Waals surface area contributed by atoms with E-state index in [4.69, 9.17) is 0 Å². The maximum absolute atomic E-state index is 4.22. The second-order valence-electron chi connectivity index (χ2n) is 3.88. The third-order valence-corrected chi connectivity index (χ3v) is 3.18. The fourth-order valence-electron chi connectivity index (χ4n) is 1.34. The summed E-state index contributed by atoms with van der Waals surface area (Å²) in [6, 6.07) is 0.369. The summed E-state index contributed by atoms with van der Waals surface area (Å²) < 4.78 is 0. The second-order valence-corrected chi connectivity index (χ2v) is 4.98. The van der Waals surface area contributed by atoms with Crippen molar-refractivity contribution in [2.75, 3.05) is 7.05 Å². The molecule has 0 saturated carbocycles. The van der Waals surface area contributed by atoms with Crippen LogP contribution in [0.1, 0.15) is 43.2 Å². The van der Waals surface area contributed by atoms with Crippen molar-refractivity contribution in [2.45, 2.75) is 39.7 Å². The van der Waals surface area contributed by atoms with Gasteiger partial charge >= 0.3 is 0 Å². The molecule has 0 bridgehead atoms. The van der Waals surface area contributed by atoms with Gasteiger partial charge in [-0.2, -0.15) is 0 Å². The Morgan fingerprint density at radius 1 is 1.36 bits per heavy atom. The van der Waals surface area contributed by atoms with E-state index in [9.17, 15) is 0 Å². The topological polar surface area (TPSA) is 37.8 Å². The molecule has 1 unspecified atom stereocenters. The molecule has 0 aromatic carbocycles. The largest absolute Gasteiger partial charge is 0.311 e. The monoisotopic (exact) mass is 213 g/mol. The maximum atomic E-state index is 4.22. The minimum absolute atomic E-state index is 0.369. The average Bonchev–Trinajstić information content (AvgIpc) is 2.54. The summed E-state index contributed by atoms with van der Waals surface area (Å²) in [6.07, 6.45) is 2.10. The molecule has 0 aliphatic carbocycles. The Labute approximate surface area is 89.9 Å². The van der Waals surface area contributed by atoms with Gasteiger partial charge in [-0.3, -0.25) is 0 Å². The van der Waals surface area contributed by atoms with Crippen molar-refractivity contribution in [1.29, 1.82) is 0 Å².